The van der Waals surface area contributed by atoms with Gasteiger partial charge in [-0.2, -0.15) is 0 Å². The van der Waals surface area contributed by atoms with Gasteiger partial charge in [0.1, 0.15) is 0 Å². The Balaban J connectivity index is 0. The molecule has 0 aromatic heterocycles. The van der Waals surface area contributed by atoms with Crippen molar-refractivity contribution in [3.63, 3.8) is 0 Å². The lowest BCUT2D eigenvalue weighted by Gasteiger charge is -1.86. The van der Waals surface area contributed by atoms with Crippen molar-refractivity contribution in [2.75, 3.05) is 5.33 Å². The van der Waals surface area contributed by atoms with E-state index in [-0.39, 0.29) is 0 Å². The van der Waals surface area contributed by atoms with Crippen LogP contribution in [0.4, 0.5) is 0 Å². The largest absolute Gasteiger partial charge is 0.106 e. The van der Waals surface area contributed by atoms with E-state index < -0.39 is 0 Å². The minimum absolute atomic E-state index is 0.613. The third kappa shape index (κ3) is 20.3. The number of halogens is 2. The van der Waals surface area contributed by atoms with Gasteiger partial charge in [0.05, 0.1) is 0 Å². The van der Waals surface area contributed by atoms with Gasteiger partial charge in [0, 0.05) is 10.2 Å². The van der Waals surface area contributed by atoms with E-state index in [0.29, 0.717) is 4.83 Å². The van der Waals surface area contributed by atoms with E-state index in [1.807, 2.05) is 0 Å². The number of rotatable bonds is 1. The summed E-state index contributed by atoms with van der Waals surface area (Å²) in [6.45, 7) is 8.09. The van der Waals surface area contributed by atoms with E-state index in [1.165, 1.54) is 0 Å². The van der Waals surface area contributed by atoms with Gasteiger partial charge in [0.25, 0.3) is 0 Å². The summed E-state index contributed by atoms with van der Waals surface area (Å²) < 4.78 is 0. The molecular weight excluding hydrogens is 220 g/mol. The summed E-state index contributed by atoms with van der Waals surface area (Å²) >= 11 is 6.59. The molecule has 0 saturated heterocycles. The van der Waals surface area contributed by atoms with Crippen LogP contribution in [0.15, 0.2) is 13.2 Å². The molecule has 0 aliphatic rings. The second kappa shape index (κ2) is 9.85. The first-order valence-corrected chi connectivity index (χ1v) is 4.01. The van der Waals surface area contributed by atoms with Crippen LogP contribution in [-0.2, 0) is 0 Å². The van der Waals surface area contributed by atoms with E-state index in [1.54, 1.807) is 0 Å². The van der Waals surface area contributed by atoms with Gasteiger partial charge in [0.2, 0.25) is 0 Å². The first kappa shape index (κ1) is 10.6. The maximum atomic E-state index is 3.33. The second-order valence-corrected chi connectivity index (χ2v) is 3.15. The fraction of sp³-hybridized carbons (Fsp3) is 0.600. The number of hydrogen-bond donors (Lipinski definition) is 0. The molecule has 44 valence electrons. The minimum atomic E-state index is 0.613. The molecule has 0 amide bonds. The van der Waals surface area contributed by atoms with Gasteiger partial charge in [-0.05, 0) is 0 Å². The van der Waals surface area contributed by atoms with Crippen LogP contribution < -0.4 is 0 Å². The first-order chi connectivity index (χ1) is 3.27. The molecule has 0 nitrogen and oxygen atoms in total. The Bertz CT molecular complexity index is 27.3. The molecule has 0 aliphatic carbocycles. The smallest absolute Gasteiger partial charge is 0.0214 e. The molecule has 7 heavy (non-hydrogen) atoms. The van der Waals surface area contributed by atoms with Crippen LogP contribution in [0.25, 0.3) is 0 Å². The Morgan fingerprint density at radius 1 is 1.57 bits per heavy atom. The predicted molar refractivity (Wildman–Crippen MR) is 43.4 cm³/mol. The van der Waals surface area contributed by atoms with E-state index in [9.17, 15) is 0 Å². The minimum Gasteiger partial charge on any atom is -0.106 e. The summed E-state index contributed by atoms with van der Waals surface area (Å²) in [6, 6.07) is 0. The Morgan fingerprint density at radius 3 is 1.71 bits per heavy atom. The molecule has 0 heterocycles. The molecule has 0 radical (unpaired) electrons. The standard InChI is InChI=1S/C3H6Br2.C2H4/c1-3(5)2-4;1-2/h3H,2H2,1H3;1-2H2. The average molecular weight is 230 g/mol. The van der Waals surface area contributed by atoms with Gasteiger partial charge < -0.3 is 0 Å². The van der Waals surface area contributed by atoms with Gasteiger partial charge >= 0.3 is 0 Å². The predicted octanol–water partition coefficient (Wildman–Crippen LogP) is 2.97. The van der Waals surface area contributed by atoms with E-state index in [2.05, 4.69) is 51.9 Å². The SMILES string of the molecule is C=C.CC(Br)CBr. The summed E-state index contributed by atoms with van der Waals surface area (Å²) in [5.74, 6) is 0. The van der Waals surface area contributed by atoms with Crippen LogP contribution in [0.2, 0.25) is 0 Å². The molecule has 0 aliphatic heterocycles. The Kier molecular flexibility index (Phi) is 15.0. The van der Waals surface area contributed by atoms with Crippen LogP contribution in [0.3, 0.4) is 0 Å². The lowest BCUT2D eigenvalue weighted by atomic mass is 10.6. The third-order valence-corrected chi connectivity index (χ3v) is 2.38. The molecule has 1 unspecified atom stereocenters. The molecular formula is C5H10Br2. The van der Waals surface area contributed by atoms with Crippen molar-refractivity contribution in [3.8, 4) is 0 Å². The zero-order valence-corrected chi connectivity index (χ0v) is 7.63. The maximum Gasteiger partial charge on any atom is 0.0214 e. The van der Waals surface area contributed by atoms with Crippen molar-refractivity contribution in [1.29, 1.82) is 0 Å². The molecule has 0 rings (SSSR count). The van der Waals surface area contributed by atoms with Crippen LogP contribution in [0, 0.1) is 0 Å². The molecule has 0 bridgehead atoms. The van der Waals surface area contributed by atoms with Crippen LogP contribution >= 0.6 is 31.9 Å². The average Bonchev–Trinajstić information content (AvgIpc) is 1.73. The summed E-state index contributed by atoms with van der Waals surface area (Å²) in [7, 11) is 0. The van der Waals surface area contributed by atoms with Gasteiger partial charge in [-0.3, -0.25) is 0 Å². The third-order valence-electron chi connectivity index (χ3n) is 0.213. The quantitative estimate of drug-likeness (QED) is 0.479. The highest BCUT2D eigenvalue weighted by Crippen LogP contribution is 1.99. The highest BCUT2D eigenvalue weighted by atomic mass is 79.9. The topological polar surface area (TPSA) is 0 Å². The van der Waals surface area contributed by atoms with Gasteiger partial charge in [-0.1, -0.05) is 38.8 Å². The highest BCUT2D eigenvalue weighted by Gasteiger charge is 1.84. The van der Waals surface area contributed by atoms with Crippen molar-refractivity contribution in [2.45, 2.75) is 11.8 Å². The number of alkyl halides is 2. The van der Waals surface area contributed by atoms with Crippen molar-refractivity contribution in [1.82, 2.24) is 0 Å². The van der Waals surface area contributed by atoms with Crippen molar-refractivity contribution in [2.24, 2.45) is 0 Å². The lowest BCUT2D eigenvalue weighted by molar-refractivity contribution is 1.17. The molecule has 0 aromatic rings. The van der Waals surface area contributed by atoms with E-state index >= 15 is 0 Å². The summed E-state index contributed by atoms with van der Waals surface area (Å²) in [5.41, 5.74) is 0. The maximum absolute atomic E-state index is 3.33. The van der Waals surface area contributed by atoms with Crippen molar-refractivity contribution >= 4 is 31.9 Å². The van der Waals surface area contributed by atoms with Crippen LogP contribution in [0.1, 0.15) is 6.92 Å². The van der Waals surface area contributed by atoms with Gasteiger partial charge in [-0.15, -0.1) is 13.2 Å². The monoisotopic (exact) mass is 228 g/mol. The lowest BCUT2D eigenvalue weighted by Crippen LogP contribution is -1.85. The zero-order valence-electron chi connectivity index (χ0n) is 4.45. The van der Waals surface area contributed by atoms with Crippen LogP contribution in [-0.4, -0.2) is 10.2 Å². The molecule has 0 aromatic carbocycles. The van der Waals surface area contributed by atoms with E-state index in [0.717, 1.165) is 5.33 Å². The Morgan fingerprint density at radius 2 is 1.71 bits per heavy atom. The molecule has 1 atom stereocenters. The fourth-order valence-corrected chi connectivity index (χ4v) is 0. The molecule has 0 fully saturated rings. The molecule has 0 saturated carbocycles. The van der Waals surface area contributed by atoms with Crippen LogP contribution in [0.5, 0.6) is 0 Å². The zero-order chi connectivity index (χ0) is 6.28. The summed E-state index contributed by atoms with van der Waals surface area (Å²) in [4.78, 5) is 0.613. The number of hydrogen-bond acceptors (Lipinski definition) is 0. The first-order valence-electron chi connectivity index (χ1n) is 1.97. The Labute approximate surface area is 62.3 Å². The van der Waals surface area contributed by atoms with Crippen molar-refractivity contribution in [3.05, 3.63) is 13.2 Å². The highest BCUT2D eigenvalue weighted by molar-refractivity contribution is 9.12. The second-order valence-electron chi connectivity index (χ2n) is 0.935. The van der Waals surface area contributed by atoms with E-state index in [4.69, 9.17) is 0 Å². The summed E-state index contributed by atoms with van der Waals surface area (Å²) in [6.07, 6.45) is 0. The normalized spacial score (nSPS) is 11.3. The van der Waals surface area contributed by atoms with Gasteiger partial charge in [-0.25, -0.2) is 0 Å². The van der Waals surface area contributed by atoms with Gasteiger partial charge in [0.15, 0.2) is 0 Å². The Hall–Kier alpha value is 0.700. The molecule has 2 heteroatoms. The fourth-order valence-electron chi connectivity index (χ4n) is 0. The van der Waals surface area contributed by atoms with Crippen molar-refractivity contribution < 1.29 is 0 Å². The molecule has 0 N–H and O–H groups in total. The molecule has 0 spiro atoms. The summed E-state index contributed by atoms with van der Waals surface area (Å²) in [5, 5.41) is 1.03.